The molecule has 2 N–H and O–H groups in total. The van der Waals surface area contributed by atoms with Crippen molar-refractivity contribution >= 4 is 42.4 Å². The third-order valence-electron chi connectivity index (χ3n) is 9.34. The number of hydrogen-bond donors (Lipinski definition) is 2. The van der Waals surface area contributed by atoms with Crippen molar-refractivity contribution in [2.24, 2.45) is 9.98 Å². The standard InChI is InChI=1S/2C22H22F7NO.2ClH.Ti/c2*1-20(2,3)11-7-10(19(31)12(8-11)21(4,5)6)9-30-18-16(25)14(23)13(22(27,28)29)15(24)17(18)26;;;/h2*7-9,31H,1-6H3;2*1H;/q;;;;+2/p-2. The second kappa shape index (κ2) is 20.6. The van der Waals surface area contributed by atoms with Gasteiger partial charge in [-0.15, -0.1) is 0 Å². The molecule has 0 aliphatic carbocycles. The average molecular weight is 1020 g/mol. The molecular formula is C44H44Cl2F14N2O2Ti. The maximum atomic E-state index is 14.1. The first-order valence-corrected chi connectivity index (χ1v) is 23.1. The number of rotatable bonds is 4. The third kappa shape index (κ3) is 13.6. The van der Waals surface area contributed by atoms with E-state index in [9.17, 15) is 71.7 Å². The van der Waals surface area contributed by atoms with Gasteiger partial charge in [0.05, 0.1) is 0 Å². The number of aliphatic imine (C=N–C) groups is 2. The molecule has 0 aliphatic heterocycles. The summed E-state index contributed by atoms with van der Waals surface area (Å²) in [6, 6.07) is 6.46. The molecule has 21 heteroatoms. The van der Waals surface area contributed by atoms with Gasteiger partial charge in [-0.2, -0.15) is 26.3 Å². The second-order valence-corrected chi connectivity index (χ2v) is 21.0. The van der Waals surface area contributed by atoms with Crippen LogP contribution in [0.4, 0.5) is 72.8 Å². The van der Waals surface area contributed by atoms with Crippen LogP contribution in [-0.4, -0.2) is 22.6 Å². The summed E-state index contributed by atoms with van der Waals surface area (Å²) in [6.45, 7) is 22.2. The van der Waals surface area contributed by atoms with E-state index >= 15 is 0 Å². The van der Waals surface area contributed by atoms with Gasteiger partial charge in [0, 0.05) is 34.7 Å². The number of nitrogens with zero attached hydrogens (tertiary/aromatic N) is 2. The zero-order valence-corrected chi connectivity index (χ0v) is 39.9. The molecule has 0 heterocycles. The van der Waals surface area contributed by atoms with E-state index in [1.807, 2.05) is 83.1 Å². The Labute approximate surface area is 383 Å². The number of aromatic hydroxyl groups is 2. The van der Waals surface area contributed by atoms with Crippen molar-refractivity contribution in [2.75, 3.05) is 0 Å². The minimum absolute atomic E-state index is 0.0168. The summed E-state index contributed by atoms with van der Waals surface area (Å²) in [4.78, 5) is 6.69. The first kappa shape index (κ1) is 57.3. The maximum absolute atomic E-state index is 14.1. The van der Waals surface area contributed by atoms with E-state index in [1.54, 1.807) is 12.1 Å². The molecule has 0 saturated heterocycles. The predicted octanol–water partition coefficient (Wildman–Crippen LogP) is 16.0. The van der Waals surface area contributed by atoms with E-state index in [4.69, 9.17) is 18.6 Å². The third-order valence-corrected chi connectivity index (χ3v) is 9.34. The quantitative estimate of drug-likeness (QED) is 0.0926. The van der Waals surface area contributed by atoms with Gasteiger partial charge in [-0.05, 0) is 44.9 Å². The Bertz CT molecular complexity index is 2230. The molecule has 0 bridgehead atoms. The van der Waals surface area contributed by atoms with Gasteiger partial charge in [0.2, 0.25) is 0 Å². The number of benzene rings is 4. The first-order valence-electron chi connectivity index (χ1n) is 18.8. The monoisotopic (exact) mass is 1020 g/mol. The molecule has 4 aromatic carbocycles. The SMILES string of the molecule is CC(C)(C)c1cc(C=Nc2c(F)c(F)c(C(F)(F)F)c(F)c2F)c(O)c(C(C)(C)C)c1.CC(C)(C)c1cc(C=Nc2c(F)c(F)c(C(F)(F)F)c(F)c2F)c(O)c(C(C)(C)C)c1.[Cl][Ti][Cl]. The fourth-order valence-corrected chi connectivity index (χ4v) is 5.75. The van der Waals surface area contributed by atoms with E-state index in [-0.39, 0.29) is 22.6 Å². The number of halogens is 16. The summed E-state index contributed by atoms with van der Waals surface area (Å²) in [5.41, 5.74) is -8.00. The van der Waals surface area contributed by atoms with Crippen LogP contribution in [0.25, 0.3) is 0 Å². The zero-order valence-electron chi connectivity index (χ0n) is 36.8. The van der Waals surface area contributed by atoms with Gasteiger partial charge >= 0.3 is 48.0 Å². The topological polar surface area (TPSA) is 65.2 Å². The van der Waals surface area contributed by atoms with Gasteiger partial charge in [-0.3, -0.25) is 0 Å². The average Bonchev–Trinajstić information content (AvgIpc) is 3.12. The van der Waals surface area contributed by atoms with Crippen LogP contribution in [0.2, 0.25) is 0 Å². The molecule has 0 amide bonds. The van der Waals surface area contributed by atoms with Crippen molar-refractivity contribution in [1.82, 2.24) is 0 Å². The van der Waals surface area contributed by atoms with Crippen LogP contribution in [-0.2, 0) is 51.0 Å². The molecule has 0 fully saturated rings. The summed E-state index contributed by atoms with van der Waals surface area (Å²) in [7, 11) is 9.78. The van der Waals surface area contributed by atoms with Gasteiger partial charge in [0.15, 0.2) is 46.5 Å². The van der Waals surface area contributed by atoms with Crippen LogP contribution in [0.1, 0.15) is 128 Å². The van der Waals surface area contributed by atoms with Crippen LogP contribution < -0.4 is 0 Å². The van der Waals surface area contributed by atoms with Crippen molar-refractivity contribution < 1.29 is 88.7 Å². The van der Waals surface area contributed by atoms with Crippen LogP contribution in [0.15, 0.2) is 34.3 Å². The van der Waals surface area contributed by atoms with E-state index in [2.05, 4.69) is 9.98 Å². The van der Waals surface area contributed by atoms with Gasteiger partial charge < -0.3 is 10.2 Å². The van der Waals surface area contributed by atoms with E-state index in [1.165, 1.54) is 12.1 Å². The molecule has 0 aliphatic rings. The Morgan fingerprint density at radius 1 is 0.431 bits per heavy atom. The Hall–Kier alpha value is -3.87. The molecule has 0 aromatic heterocycles. The Balaban J connectivity index is 0.000000421. The van der Waals surface area contributed by atoms with Gasteiger partial charge in [0.1, 0.15) is 34.0 Å². The molecule has 4 aromatic rings. The summed E-state index contributed by atoms with van der Waals surface area (Å²) in [5, 5.41) is 21.2. The van der Waals surface area contributed by atoms with Gasteiger partial charge in [-0.25, -0.2) is 45.1 Å². The van der Waals surface area contributed by atoms with E-state index < -0.39 is 120 Å². The number of phenolic OH excluding ortho intramolecular Hbond substituents is 2. The van der Waals surface area contributed by atoms with Gasteiger partial charge in [0.25, 0.3) is 0 Å². The number of alkyl halides is 6. The molecular weight excluding hydrogens is 973 g/mol. The van der Waals surface area contributed by atoms with Crippen molar-refractivity contribution in [3.05, 3.63) is 115 Å². The van der Waals surface area contributed by atoms with Crippen LogP contribution in [0, 0.1) is 46.5 Å². The number of hydrogen-bond acceptors (Lipinski definition) is 4. The van der Waals surface area contributed by atoms with E-state index in [0.29, 0.717) is 11.1 Å². The molecule has 0 unspecified atom stereocenters. The second-order valence-electron chi connectivity index (χ2n) is 18.5. The van der Waals surface area contributed by atoms with Crippen LogP contribution in [0.3, 0.4) is 0 Å². The fourth-order valence-electron chi connectivity index (χ4n) is 5.75. The summed E-state index contributed by atoms with van der Waals surface area (Å²) in [5.74, 6) is -20.1. The molecule has 4 rings (SSSR count). The molecule has 0 saturated carbocycles. The minimum atomic E-state index is -5.64. The van der Waals surface area contributed by atoms with Gasteiger partial charge in [-0.1, -0.05) is 95.2 Å². The molecule has 65 heavy (non-hydrogen) atoms. The summed E-state index contributed by atoms with van der Waals surface area (Å²) < 4.78 is 188. The summed E-state index contributed by atoms with van der Waals surface area (Å²) >= 11 is -0.556. The molecule has 4 nitrogen and oxygen atoms in total. The van der Waals surface area contributed by atoms with Crippen LogP contribution >= 0.6 is 18.6 Å². The van der Waals surface area contributed by atoms with Crippen LogP contribution in [0.5, 0.6) is 11.5 Å². The fraction of sp³-hybridized carbons (Fsp3) is 0.409. The van der Waals surface area contributed by atoms with Crippen molar-refractivity contribution in [3.8, 4) is 11.5 Å². The molecule has 0 spiro atoms. The van der Waals surface area contributed by atoms with E-state index in [0.717, 1.165) is 23.6 Å². The predicted molar refractivity (Wildman–Crippen MR) is 220 cm³/mol. The molecule has 358 valence electrons. The first-order chi connectivity index (χ1) is 29.2. The molecule has 0 radical (unpaired) electrons. The van der Waals surface area contributed by atoms with Crippen molar-refractivity contribution in [1.29, 1.82) is 0 Å². The Morgan fingerprint density at radius 2 is 0.662 bits per heavy atom. The summed E-state index contributed by atoms with van der Waals surface area (Å²) in [6.07, 6.45) is -9.76. The normalized spacial score (nSPS) is 12.9. The number of phenols is 2. The Morgan fingerprint density at radius 3 is 0.846 bits per heavy atom. The van der Waals surface area contributed by atoms with Crippen molar-refractivity contribution in [3.63, 3.8) is 0 Å². The zero-order chi connectivity index (χ0) is 50.9. The Kier molecular flexibility index (Phi) is 18.1. The molecule has 0 atom stereocenters. The van der Waals surface area contributed by atoms with Crippen molar-refractivity contribution in [2.45, 2.75) is 117 Å².